The van der Waals surface area contributed by atoms with Gasteiger partial charge in [0.15, 0.2) is 0 Å². The Bertz CT molecular complexity index is 1100. The Morgan fingerprint density at radius 2 is 1.69 bits per heavy atom. The molecule has 3 rings (SSSR count). The highest BCUT2D eigenvalue weighted by atomic mass is 79.9. The molecule has 2 amide bonds. The SMILES string of the molecule is Cc1cc(NC(=O)c2cc(Br)ccc2OCCC(C)C)ccc1NC(=O)c1ccccc1. The number of benzene rings is 3. The van der Waals surface area contributed by atoms with Crippen LogP contribution in [0.15, 0.2) is 71.2 Å². The van der Waals surface area contributed by atoms with Crippen molar-refractivity contribution in [2.75, 3.05) is 17.2 Å². The summed E-state index contributed by atoms with van der Waals surface area (Å²) in [5.41, 5.74) is 3.22. The molecule has 0 aliphatic carbocycles. The molecule has 3 aromatic carbocycles. The van der Waals surface area contributed by atoms with Crippen LogP contribution < -0.4 is 15.4 Å². The topological polar surface area (TPSA) is 67.4 Å². The fraction of sp³-hybridized carbons (Fsp3) is 0.231. The molecular formula is C26H27BrN2O3. The monoisotopic (exact) mass is 494 g/mol. The van der Waals surface area contributed by atoms with Crippen molar-refractivity contribution in [1.82, 2.24) is 0 Å². The van der Waals surface area contributed by atoms with Crippen LogP contribution in [-0.4, -0.2) is 18.4 Å². The van der Waals surface area contributed by atoms with Crippen molar-refractivity contribution in [2.45, 2.75) is 27.2 Å². The van der Waals surface area contributed by atoms with Crippen LogP contribution in [0.2, 0.25) is 0 Å². The molecule has 0 aliphatic heterocycles. The smallest absolute Gasteiger partial charge is 0.259 e. The zero-order chi connectivity index (χ0) is 23.1. The first kappa shape index (κ1) is 23.5. The van der Waals surface area contributed by atoms with Crippen molar-refractivity contribution in [3.8, 4) is 5.75 Å². The van der Waals surface area contributed by atoms with Gasteiger partial charge in [0, 0.05) is 21.4 Å². The standard InChI is InChI=1S/C26H27BrN2O3/c1-17(2)13-14-32-24-12-9-20(27)16-22(24)26(31)28-21-10-11-23(18(3)15-21)29-25(30)19-7-5-4-6-8-19/h4-12,15-17H,13-14H2,1-3H3,(H,28,31)(H,29,30). The van der Waals surface area contributed by atoms with Gasteiger partial charge in [-0.2, -0.15) is 0 Å². The van der Waals surface area contributed by atoms with Crippen LogP contribution in [0.3, 0.4) is 0 Å². The highest BCUT2D eigenvalue weighted by Gasteiger charge is 2.15. The molecule has 0 saturated carbocycles. The lowest BCUT2D eigenvalue weighted by atomic mass is 10.1. The second-order valence-corrected chi connectivity index (χ2v) is 8.89. The van der Waals surface area contributed by atoms with E-state index < -0.39 is 0 Å². The summed E-state index contributed by atoms with van der Waals surface area (Å²) in [6, 6.07) is 19.8. The first-order valence-corrected chi connectivity index (χ1v) is 11.3. The molecular weight excluding hydrogens is 468 g/mol. The lowest BCUT2D eigenvalue weighted by Gasteiger charge is -2.14. The van der Waals surface area contributed by atoms with Crippen LogP contribution in [0.25, 0.3) is 0 Å². The zero-order valence-electron chi connectivity index (χ0n) is 18.4. The average molecular weight is 495 g/mol. The van der Waals surface area contributed by atoms with Crippen LogP contribution in [0.4, 0.5) is 11.4 Å². The van der Waals surface area contributed by atoms with E-state index in [1.54, 1.807) is 36.4 Å². The quantitative estimate of drug-likeness (QED) is 0.366. The Balaban J connectivity index is 1.71. The van der Waals surface area contributed by atoms with Crippen molar-refractivity contribution in [1.29, 1.82) is 0 Å². The second-order valence-electron chi connectivity index (χ2n) is 7.98. The van der Waals surface area contributed by atoms with E-state index in [4.69, 9.17) is 4.74 Å². The van der Waals surface area contributed by atoms with E-state index in [2.05, 4.69) is 40.4 Å². The van der Waals surface area contributed by atoms with E-state index in [0.717, 1.165) is 16.5 Å². The Labute approximate surface area is 197 Å². The molecule has 6 heteroatoms. The maximum atomic E-state index is 13.0. The Morgan fingerprint density at radius 3 is 2.38 bits per heavy atom. The predicted octanol–water partition coefficient (Wildman–Crippen LogP) is 6.69. The number of carbonyl (C=O) groups is 2. The maximum Gasteiger partial charge on any atom is 0.259 e. The minimum atomic E-state index is -0.258. The van der Waals surface area contributed by atoms with Crippen molar-refractivity contribution in [2.24, 2.45) is 5.92 Å². The maximum absolute atomic E-state index is 13.0. The van der Waals surface area contributed by atoms with Gasteiger partial charge < -0.3 is 15.4 Å². The third-order valence-corrected chi connectivity index (χ3v) is 5.40. The largest absolute Gasteiger partial charge is 0.493 e. The number of halogens is 1. The molecule has 0 fully saturated rings. The summed E-state index contributed by atoms with van der Waals surface area (Å²) in [5, 5.41) is 5.84. The summed E-state index contributed by atoms with van der Waals surface area (Å²) < 4.78 is 6.66. The van der Waals surface area contributed by atoms with Gasteiger partial charge in [-0.15, -0.1) is 0 Å². The molecule has 0 saturated heterocycles. The van der Waals surface area contributed by atoms with Gasteiger partial charge in [0.2, 0.25) is 0 Å². The number of hydrogen-bond acceptors (Lipinski definition) is 3. The summed E-state index contributed by atoms with van der Waals surface area (Å²) >= 11 is 3.43. The molecule has 166 valence electrons. The van der Waals surface area contributed by atoms with Gasteiger partial charge in [0.05, 0.1) is 12.2 Å². The number of anilines is 2. The minimum Gasteiger partial charge on any atom is -0.493 e. The van der Waals surface area contributed by atoms with E-state index in [0.29, 0.717) is 40.8 Å². The zero-order valence-corrected chi connectivity index (χ0v) is 20.0. The number of rotatable bonds is 8. The molecule has 0 atom stereocenters. The van der Waals surface area contributed by atoms with Crippen LogP contribution >= 0.6 is 15.9 Å². The van der Waals surface area contributed by atoms with Gasteiger partial charge in [0.25, 0.3) is 11.8 Å². The van der Waals surface area contributed by atoms with Crippen LogP contribution in [0, 0.1) is 12.8 Å². The third kappa shape index (κ3) is 6.44. The highest BCUT2D eigenvalue weighted by Crippen LogP contribution is 2.26. The molecule has 5 nitrogen and oxygen atoms in total. The minimum absolute atomic E-state index is 0.178. The normalized spacial score (nSPS) is 10.7. The number of aryl methyl sites for hydroxylation is 1. The van der Waals surface area contributed by atoms with E-state index in [1.165, 1.54) is 0 Å². The highest BCUT2D eigenvalue weighted by molar-refractivity contribution is 9.10. The Hall–Kier alpha value is -3.12. The van der Waals surface area contributed by atoms with Crippen LogP contribution in [0.1, 0.15) is 46.5 Å². The lowest BCUT2D eigenvalue weighted by molar-refractivity contribution is 0.101. The van der Waals surface area contributed by atoms with Gasteiger partial charge >= 0.3 is 0 Å². The predicted molar refractivity (Wildman–Crippen MR) is 133 cm³/mol. The van der Waals surface area contributed by atoms with Gasteiger partial charge in [0.1, 0.15) is 5.75 Å². The molecule has 0 aromatic heterocycles. The summed E-state index contributed by atoms with van der Waals surface area (Å²) in [4.78, 5) is 25.4. The van der Waals surface area contributed by atoms with Crippen molar-refractivity contribution < 1.29 is 14.3 Å². The van der Waals surface area contributed by atoms with Crippen molar-refractivity contribution in [3.63, 3.8) is 0 Å². The molecule has 0 bridgehead atoms. The molecule has 32 heavy (non-hydrogen) atoms. The van der Waals surface area contributed by atoms with Crippen molar-refractivity contribution in [3.05, 3.63) is 87.9 Å². The first-order chi connectivity index (χ1) is 15.3. The Morgan fingerprint density at radius 1 is 0.938 bits per heavy atom. The van der Waals surface area contributed by atoms with Gasteiger partial charge in [-0.1, -0.05) is 48.0 Å². The summed E-state index contributed by atoms with van der Waals surface area (Å²) in [5.74, 6) is 0.635. The van der Waals surface area contributed by atoms with Crippen molar-refractivity contribution >= 4 is 39.1 Å². The fourth-order valence-electron chi connectivity index (χ4n) is 3.07. The molecule has 0 unspecified atom stereocenters. The number of carbonyl (C=O) groups excluding carboxylic acids is 2. The van der Waals surface area contributed by atoms with E-state index in [-0.39, 0.29) is 11.8 Å². The summed E-state index contributed by atoms with van der Waals surface area (Å²) in [7, 11) is 0. The fourth-order valence-corrected chi connectivity index (χ4v) is 3.44. The van der Waals surface area contributed by atoms with E-state index >= 15 is 0 Å². The number of nitrogens with one attached hydrogen (secondary N) is 2. The first-order valence-electron chi connectivity index (χ1n) is 10.5. The van der Waals surface area contributed by atoms with Gasteiger partial charge in [-0.05, 0) is 73.4 Å². The number of hydrogen-bond donors (Lipinski definition) is 2. The number of ether oxygens (including phenoxy) is 1. The van der Waals surface area contributed by atoms with Gasteiger partial charge in [-0.25, -0.2) is 0 Å². The summed E-state index contributed by atoms with van der Waals surface area (Å²) in [6.07, 6.45) is 0.909. The van der Waals surface area contributed by atoms with Crippen LogP contribution in [0.5, 0.6) is 5.75 Å². The Kier molecular flexibility index (Phi) is 8.06. The van der Waals surface area contributed by atoms with Gasteiger partial charge in [-0.3, -0.25) is 9.59 Å². The third-order valence-electron chi connectivity index (χ3n) is 4.91. The molecule has 3 aromatic rings. The molecule has 2 N–H and O–H groups in total. The molecule has 0 aliphatic rings. The van der Waals surface area contributed by atoms with E-state index in [1.807, 2.05) is 37.3 Å². The average Bonchev–Trinajstić information content (AvgIpc) is 2.77. The van der Waals surface area contributed by atoms with E-state index in [9.17, 15) is 9.59 Å². The second kappa shape index (κ2) is 11.0. The molecule has 0 spiro atoms. The van der Waals surface area contributed by atoms with Crippen LogP contribution in [-0.2, 0) is 0 Å². The lowest BCUT2D eigenvalue weighted by Crippen LogP contribution is -2.15. The molecule has 0 radical (unpaired) electrons. The summed E-state index contributed by atoms with van der Waals surface area (Å²) in [6.45, 7) is 6.70. The molecule has 0 heterocycles. The number of amides is 2.